The minimum atomic E-state index is -4.93. The second-order valence-electron chi connectivity index (χ2n) is 6.15. The van der Waals surface area contributed by atoms with E-state index in [1.807, 2.05) is 0 Å². The molecule has 12 heteroatoms. The van der Waals surface area contributed by atoms with Gasteiger partial charge in [0.1, 0.15) is 11.5 Å². The number of benzene rings is 2. The molecule has 0 atom stereocenters. The van der Waals surface area contributed by atoms with Crippen LogP contribution in [0.5, 0.6) is 11.5 Å². The lowest BCUT2D eigenvalue weighted by atomic mass is 10.2. The van der Waals surface area contributed by atoms with Crippen molar-refractivity contribution in [2.75, 3.05) is 19.5 Å². The van der Waals surface area contributed by atoms with E-state index in [2.05, 4.69) is 10.4 Å². The number of halogens is 3. The molecule has 0 spiro atoms. The van der Waals surface area contributed by atoms with E-state index in [4.69, 9.17) is 9.47 Å². The van der Waals surface area contributed by atoms with Crippen LogP contribution in [0.2, 0.25) is 0 Å². The van der Waals surface area contributed by atoms with Crippen molar-refractivity contribution in [2.24, 2.45) is 0 Å². The highest BCUT2D eigenvalue weighted by Crippen LogP contribution is 2.34. The molecule has 0 bridgehead atoms. The number of hydrogen-bond acceptors (Lipinski definition) is 6. The number of anilines is 1. The van der Waals surface area contributed by atoms with Crippen LogP contribution in [0.1, 0.15) is 16.1 Å². The maximum absolute atomic E-state index is 13.8. The zero-order valence-electron chi connectivity index (χ0n) is 16.1. The van der Waals surface area contributed by atoms with Crippen molar-refractivity contribution >= 4 is 17.3 Å². The van der Waals surface area contributed by atoms with Gasteiger partial charge in [0, 0.05) is 36.0 Å². The number of aromatic nitrogens is 2. The van der Waals surface area contributed by atoms with E-state index < -0.39 is 28.3 Å². The zero-order valence-corrected chi connectivity index (χ0v) is 16.1. The molecular weight excluding hydrogens is 421 g/mol. The molecule has 0 aliphatic rings. The molecule has 0 aliphatic carbocycles. The fourth-order valence-corrected chi connectivity index (χ4v) is 2.78. The predicted molar refractivity (Wildman–Crippen MR) is 103 cm³/mol. The number of alkyl halides is 3. The number of non-ortho nitro benzene ring substituents is 1. The van der Waals surface area contributed by atoms with Crippen molar-refractivity contribution in [3.63, 3.8) is 0 Å². The van der Waals surface area contributed by atoms with Crippen LogP contribution in [0.25, 0.3) is 5.69 Å². The summed E-state index contributed by atoms with van der Waals surface area (Å²) in [6.07, 6.45) is -4.16. The average Bonchev–Trinajstić information content (AvgIpc) is 3.19. The van der Waals surface area contributed by atoms with Crippen molar-refractivity contribution in [2.45, 2.75) is 6.18 Å². The molecule has 2 aromatic carbocycles. The number of rotatable bonds is 6. The first-order valence-corrected chi connectivity index (χ1v) is 8.58. The van der Waals surface area contributed by atoms with Crippen LogP contribution in [0.3, 0.4) is 0 Å². The van der Waals surface area contributed by atoms with Gasteiger partial charge in [0.05, 0.1) is 36.6 Å². The number of carbonyl (C=O) groups excluding carboxylic acids is 1. The Hall–Kier alpha value is -4.09. The Morgan fingerprint density at radius 3 is 2.16 bits per heavy atom. The Morgan fingerprint density at radius 1 is 1.10 bits per heavy atom. The zero-order chi connectivity index (χ0) is 22.8. The summed E-state index contributed by atoms with van der Waals surface area (Å²) >= 11 is 0. The third-order valence-corrected chi connectivity index (χ3v) is 4.20. The molecule has 31 heavy (non-hydrogen) atoms. The third-order valence-electron chi connectivity index (χ3n) is 4.20. The van der Waals surface area contributed by atoms with Crippen LogP contribution in [0.15, 0.2) is 48.7 Å². The molecule has 1 aromatic heterocycles. The molecule has 0 saturated carbocycles. The van der Waals surface area contributed by atoms with Crippen LogP contribution in [-0.2, 0) is 6.18 Å². The fourth-order valence-electron chi connectivity index (χ4n) is 2.78. The third kappa shape index (κ3) is 4.57. The largest absolute Gasteiger partial charge is 0.497 e. The summed E-state index contributed by atoms with van der Waals surface area (Å²) in [5.41, 5.74) is -2.30. The van der Waals surface area contributed by atoms with Gasteiger partial charge in [-0.1, -0.05) is 0 Å². The van der Waals surface area contributed by atoms with Crippen LogP contribution in [0, 0.1) is 10.1 Å². The summed E-state index contributed by atoms with van der Waals surface area (Å²) in [5.74, 6) is -0.407. The van der Waals surface area contributed by atoms with E-state index in [9.17, 15) is 28.1 Å². The summed E-state index contributed by atoms with van der Waals surface area (Å²) < 4.78 is 52.0. The van der Waals surface area contributed by atoms with Crippen LogP contribution in [-0.4, -0.2) is 34.8 Å². The fraction of sp³-hybridized carbons (Fsp3) is 0.158. The second kappa shape index (κ2) is 8.34. The number of methoxy groups -OCH3 is 2. The normalized spacial score (nSPS) is 11.1. The van der Waals surface area contributed by atoms with Gasteiger partial charge in [-0.25, -0.2) is 4.68 Å². The highest BCUT2D eigenvalue weighted by atomic mass is 19.4. The van der Waals surface area contributed by atoms with Crippen molar-refractivity contribution in [1.82, 2.24) is 9.78 Å². The van der Waals surface area contributed by atoms with E-state index in [1.165, 1.54) is 32.4 Å². The van der Waals surface area contributed by atoms with Gasteiger partial charge < -0.3 is 14.8 Å². The first kappa shape index (κ1) is 21.6. The molecule has 0 unspecified atom stereocenters. The Balaban J connectivity index is 2.00. The number of nitro groups is 1. The van der Waals surface area contributed by atoms with Gasteiger partial charge in [-0.15, -0.1) is 0 Å². The minimum absolute atomic E-state index is 0.0972. The van der Waals surface area contributed by atoms with E-state index in [0.717, 1.165) is 30.5 Å². The lowest BCUT2D eigenvalue weighted by Crippen LogP contribution is -2.20. The summed E-state index contributed by atoms with van der Waals surface area (Å²) in [4.78, 5) is 22.7. The molecule has 3 rings (SSSR count). The Bertz CT molecular complexity index is 1100. The standard InChI is InChI=1S/C19H15F3N4O5/c1-30-14-7-11(8-15(9-14)31-2)24-18(27)16-10-23-25(17(16)19(20,21)22)12-3-5-13(6-4-12)26(28)29/h3-10H,1-2H3,(H,24,27). The van der Waals surface area contributed by atoms with E-state index in [0.29, 0.717) is 16.2 Å². The first-order valence-electron chi connectivity index (χ1n) is 8.58. The number of nitro benzene ring substituents is 1. The molecular formula is C19H15F3N4O5. The highest BCUT2D eigenvalue weighted by Gasteiger charge is 2.40. The monoisotopic (exact) mass is 436 g/mol. The number of amides is 1. The van der Waals surface area contributed by atoms with Crippen LogP contribution < -0.4 is 14.8 Å². The van der Waals surface area contributed by atoms with Crippen molar-refractivity contribution in [3.8, 4) is 17.2 Å². The summed E-state index contributed by atoms with van der Waals surface area (Å²) in [7, 11) is 2.77. The maximum Gasteiger partial charge on any atom is 0.434 e. The molecule has 1 N–H and O–H groups in total. The number of nitrogens with one attached hydrogen (secondary N) is 1. The Labute approximate surface area is 173 Å². The molecule has 162 valence electrons. The molecule has 1 amide bonds. The van der Waals surface area contributed by atoms with Gasteiger partial charge in [-0.3, -0.25) is 14.9 Å². The van der Waals surface area contributed by atoms with Gasteiger partial charge in [-0.05, 0) is 12.1 Å². The van der Waals surface area contributed by atoms with E-state index in [1.54, 1.807) is 0 Å². The quantitative estimate of drug-likeness (QED) is 0.461. The first-order chi connectivity index (χ1) is 14.6. The molecule has 9 nitrogen and oxygen atoms in total. The molecule has 0 aliphatic heterocycles. The minimum Gasteiger partial charge on any atom is -0.497 e. The second-order valence-corrected chi connectivity index (χ2v) is 6.15. The van der Waals surface area contributed by atoms with Crippen molar-refractivity contribution in [1.29, 1.82) is 0 Å². The number of ether oxygens (including phenoxy) is 2. The molecule has 0 saturated heterocycles. The number of carbonyl (C=O) groups is 1. The Kier molecular flexibility index (Phi) is 5.81. The van der Waals surface area contributed by atoms with Crippen molar-refractivity contribution < 1.29 is 32.4 Å². The smallest absolute Gasteiger partial charge is 0.434 e. The van der Waals surface area contributed by atoms with Crippen molar-refractivity contribution in [3.05, 3.63) is 70.0 Å². The molecule has 3 aromatic rings. The highest BCUT2D eigenvalue weighted by molar-refractivity contribution is 6.05. The average molecular weight is 436 g/mol. The van der Waals surface area contributed by atoms with Gasteiger partial charge >= 0.3 is 6.18 Å². The van der Waals surface area contributed by atoms with E-state index >= 15 is 0 Å². The molecule has 0 radical (unpaired) electrons. The number of hydrogen-bond donors (Lipinski definition) is 1. The van der Waals surface area contributed by atoms with Gasteiger partial charge in [0.25, 0.3) is 11.6 Å². The predicted octanol–water partition coefficient (Wildman–Crippen LogP) is 4.07. The van der Waals surface area contributed by atoms with Gasteiger partial charge in [0.15, 0.2) is 5.69 Å². The van der Waals surface area contributed by atoms with Crippen LogP contribution >= 0.6 is 0 Å². The van der Waals surface area contributed by atoms with Gasteiger partial charge in [-0.2, -0.15) is 18.3 Å². The topological polar surface area (TPSA) is 109 Å². The summed E-state index contributed by atoms with van der Waals surface area (Å²) in [6, 6.07) is 8.65. The van der Waals surface area contributed by atoms with E-state index in [-0.39, 0.29) is 17.1 Å². The SMILES string of the molecule is COc1cc(NC(=O)c2cnn(-c3ccc([N+](=O)[O-])cc3)c2C(F)(F)F)cc(OC)c1. The summed E-state index contributed by atoms with van der Waals surface area (Å²) in [6.45, 7) is 0. The lowest BCUT2D eigenvalue weighted by Gasteiger charge is -2.13. The number of nitrogens with zero attached hydrogens (tertiary/aromatic N) is 3. The van der Waals surface area contributed by atoms with Gasteiger partial charge in [0.2, 0.25) is 0 Å². The maximum atomic E-state index is 13.8. The molecule has 0 fully saturated rings. The molecule has 1 heterocycles. The Morgan fingerprint density at radius 2 is 1.68 bits per heavy atom. The van der Waals surface area contributed by atoms with Crippen LogP contribution in [0.4, 0.5) is 24.5 Å². The lowest BCUT2D eigenvalue weighted by molar-refractivity contribution is -0.384. The summed E-state index contributed by atoms with van der Waals surface area (Å²) in [5, 5.41) is 16.8.